The molecule has 54 heavy (non-hydrogen) atoms. The fourth-order valence-electron chi connectivity index (χ4n) is 7.39. The van der Waals surface area contributed by atoms with Crippen LogP contribution in [-0.2, 0) is 33.9 Å². The topological polar surface area (TPSA) is 189 Å². The molecule has 298 valence electrons. The lowest BCUT2D eigenvalue weighted by Crippen LogP contribution is -2.59. The number of fused-ring (bicyclic) bond motifs is 2. The Bertz CT molecular complexity index is 1800. The first kappa shape index (κ1) is 41.3. The smallest absolute Gasteiger partial charge is 0.412 e. The Balaban J connectivity index is 1.46. The number of aryl methyl sites for hydroxylation is 2. The van der Waals surface area contributed by atoms with Crippen LogP contribution in [-0.4, -0.2) is 83.8 Å². The van der Waals surface area contributed by atoms with E-state index in [-0.39, 0.29) is 25.3 Å². The molecule has 1 aromatic rings. The maximum absolute atomic E-state index is 14.6. The van der Waals surface area contributed by atoms with Gasteiger partial charge in [0.1, 0.15) is 29.3 Å². The number of hydrogen-bond donors (Lipinski definition) is 4. The van der Waals surface area contributed by atoms with Gasteiger partial charge in [-0.1, -0.05) is 43.7 Å². The normalized spacial score (nSPS) is 30.3. The van der Waals surface area contributed by atoms with Crippen molar-refractivity contribution in [2.24, 2.45) is 17.8 Å². The zero-order valence-electron chi connectivity index (χ0n) is 32.3. The molecule has 0 bridgehead atoms. The summed E-state index contributed by atoms with van der Waals surface area (Å²) in [5.41, 5.74) is -0.465. The first-order valence-electron chi connectivity index (χ1n) is 18.6. The van der Waals surface area contributed by atoms with Crippen molar-refractivity contribution >= 4 is 57.2 Å². The average molecular weight is 792 g/mol. The lowest BCUT2D eigenvalue weighted by atomic mass is 9.88. The zero-order valence-corrected chi connectivity index (χ0v) is 33.9. The van der Waals surface area contributed by atoms with Crippen LogP contribution in [0.25, 0.3) is 0 Å². The average Bonchev–Trinajstić information content (AvgIpc) is 3.92. The van der Waals surface area contributed by atoms with Crippen LogP contribution in [0, 0.1) is 31.6 Å². The van der Waals surface area contributed by atoms with E-state index >= 15 is 0 Å². The number of alkyl carbamates (subject to hydrolysis) is 1. The van der Waals surface area contributed by atoms with Crippen molar-refractivity contribution in [3.63, 3.8) is 0 Å². The van der Waals surface area contributed by atoms with Gasteiger partial charge in [0.15, 0.2) is 0 Å². The fraction of sp³-hybridized carbons (Fsp3) is 0.658. The van der Waals surface area contributed by atoms with Gasteiger partial charge in [0.2, 0.25) is 21.8 Å². The Labute approximate surface area is 322 Å². The highest BCUT2D eigenvalue weighted by Crippen LogP contribution is 2.47. The van der Waals surface area contributed by atoms with Crippen LogP contribution in [0.1, 0.15) is 97.6 Å². The molecule has 0 spiro atoms. The molecule has 0 radical (unpaired) electrons. The van der Waals surface area contributed by atoms with Gasteiger partial charge >= 0.3 is 12.2 Å². The highest BCUT2D eigenvalue weighted by Gasteiger charge is 2.63. The third kappa shape index (κ3) is 9.32. The predicted octanol–water partition coefficient (Wildman–Crippen LogP) is 5.25. The Hall–Kier alpha value is -3.85. The van der Waals surface area contributed by atoms with Crippen LogP contribution in [0.2, 0.25) is 5.02 Å². The first-order valence-corrected chi connectivity index (χ1v) is 20.5. The van der Waals surface area contributed by atoms with Gasteiger partial charge in [0.05, 0.1) is 22.0 Å². The van der Waals surface area contributed by atoms with E-state index in [0.29, 0.717) is 42.0 Å². The van der Waals surface area contributed by atoms with Crippen LogP contribution >= 0.6 is 11.6 Å². The summed E-state index contributed by atoms with van der Waals surface area (Å²) in [5, 5.41) is 8.55. The summed E-state index contributed by atoms with van der Waals surface area (Å²) < 4.78 is 38.7. The summed E-state index contributed by atoms with van der Waals surface area (Å²) in [5.74, 6) is -2.92. The molecule has 0 aromatic heterocycles. The number of benzene rings is 1. The number of anilines is 1. The SMILES string of the molecule is Cc1cc(C)c(NC(=O)O[C@@H]2C[C@H]3C(=O)N[C@]4(C(=O)NS(=O)(=O)C5(C)CC5)C[C@H]4/C=C\CC[C@H](C)C[C@@H](C)[C@H](NC(=O)OC(C)(C)C)C(=O)N3C2)c(Cl)c1. The van der Waals surface area contributed by atoms with E-state index in [4.69, 9.17) is 21.1 Å². The van der Waals surface area contributed by atoms with Gasteiger partial charge in [-0.2, -0.15) is 0 Å². The highest BCUT2D eigenvalue weighted by atomic mass is 35.5. The van der Waals surface area contributed by atoms with Crippen molar-refractivity contribution in [3.05, 3.63) is 40.4 Å². The van der Waals surface area contributed by atoms with Gasteiger partial charge in [-0.15, -0.1) is 0 Å². The highest BCUT2D eigenvalue weighted by molar-refractivity contribution is 7.91. The predicted molar refractivity (Wildman–Crippen MR) is 203 cm³/mol. The molecule has 5 rings (SSSR count). The van der Waals surface area contributed by atoms with E-state index in [1.165, 1.54) is 4.90 Å². The molecule has 0 unspecified atom stereocenters. The number of amides is 5. The van der Waals surface area contributed by atoms with Gasteiger partial charge in [-0.05, 0) is 109 Å². The minimum absolute atomic E-state index is 0.119. The van der Waals surface area contributed by atoms with Gasteiger partial charge in [0, 0.05) is 12.3 Å². The van der Waals surface area contributed by atoms with E-state index in [9.17, 15) is 32.4 Å². The first-order chi connectivity index (χ1) is 25.0. The molecule has 16 heteroatoms. The summed E-state index contributed by atoms with van der Waals surface area (Å²) in [7, 11) is -4.02. The van der Waals surface area contributed by atoms with Crippen LogP contribution in [0.4, 0.5) is 15.3 Å². The van der Waals surface area contributed by atoms with E-state index in [0.717, 1.165) is 12.0 Å². The number of allylic oxidation sites excluding steroid dienone is 1. The second-order valence-electron chi connectivity index (χ2n) is 16.9. The summed E-state index contributed by atoms with van der Waals surface area (Å²) in [6, 6.07) is 1.18. The van der Waals surface area contributed by atoms with Crippen molar-refractivity contribution < 1.29 is 41.9 Å². The molecule has 7 atom stereocenters. The molecule has 2 aliphatic carbocycles. The van der Waals surface area contributed by atoms with Crippen LogP contribution in [0.15, 0.2) is 24.3 Å². The van der Waals surface area contributed by atoms with Crippen molar-refractivity contribution in [1.82, 2.24) is 20.3 Å². The third-order valence-corrected chi connectivity index (χ3v) is 13.3. The van der Waals surface area contributed by atoms with E-state index in [2.05, 4.69) is 20.7 Å². The standard InChI is InChI=1S/C38H54ClN5O9S/c1-21-11-9-10-12-25-19-38(25,33(47)43-54(50,51)37(8)13-14-37)42-31(45)28-18-26(52-34(48)40-29-23(3)16-22(2)17-27(29)39)20-44(28)32(46)30(24(4)15-21)41-35(49)53-36(5,6)7/h10,12,16-17,21,24-26,28,30H,9,11,13-15,18-20H2,1-8H3,(H,40,48)(H,41,49)(H,42,45)(H,43,47)/b12-10-/t21-,24+,25+,26+,28-,30-,38+/m0/s1. The lowest BCUT2D eigenvalue weighted by Gasteiger charge is -2.33. The molecule has 4 N–H and O–H groups in total. The van der Waals surface area contributed by atoms with Crippen molar-refractivity contribution in [2.45, 2.75) is 134 Å². The number of halogens is 1. The van der Waals surface area contributed by atoms with Gasteiger partial charge < -0.3 is 25.0 Å². The quantitative estimate of drug-likeness (QED) is 0.279. The minimum atomic E-state index is -4.02. The summed E-state index contributed by atoms with van der Waals surface area (Å²) in [4.78, 5) is 70.4. The Morgan fingerprint density at radius 2 is 1.74 bits per heavy atom. The molecule has 5 amide bonds. The number of sulfonamides is 1. The van der Waals surface area contributed by atoms with Crippen molar-refractivity contribution in [2.75, 3.05) is 11.9 Å². The molecule has 3 fully saturated rings. The molecule has 2 aliphatic heterocycles. The summed E-state index contributed by atoms with van der Waals surface area (Å²) in [6.07, 6.45) is 3.92. The maximum atomic E-state index is 14.6. The number of ether oxygens (including phenoxy) is 2. The van der Waals surface area contributed by atoms with Crippen LogP contribution in [0.5, 0.6) is 0 Å². The zero-order chi connectivity index (χ0) is 40.0. The van der Waals surface area contributed by atoms with E-state index in [1.54, 1.807) is 40.7 Å². The number of nitrogens with zero attached hydrogens (tertiary/aromatic N) is 1. The van der Waals surface area contributed by atoms with Gasteiger partial charge in [-0.25, -0.2) is 18.0 Å². The fourth-order valence-corrected chi connectivity index (χ4v) is 9.07. The minimum Gasteiger partial charge on any atom is -0.444 e. The van der Waals surface area contributed by atoms with E-state index < -0.39 is 85.8 Å². The van der Waals surface area contributed by atoms with Crippen molar-refractivity contribution in [1.29, 1.82) is 0 Å². The Morgan fingerprint density at radius 3 is 2.37 bits per heavy atom. The van der Waals surface area contributed by atoms with Gasteiger partial charge in [0.25, 0.3) is 5.91 Å². The number of hydrogen-bond acceptors (Lipinski definition) is 9. The Kier molecular flexibility index (Phi) is 11.7. The maximum Gasteiger partial charge on any atom is 0.412 e. The molecule has 14 nitrogen and oxygen atoms in total. The second-order valence-corrected chi connectivity index (χ2v) is 19.5. The summed E-state index contributed by atoms with van der Waals surface area (Å²) >= 11 is 6.41. The summed E-state index contributed by atoms with van der Waals surface area (Å²) in [6.45, 7) is 14.0. The third-order valence-electron chi connectivity index (χ3n) is 10.9. The van der Waals surface area contributed by atoms with Crippen LogP contribution < -0.4 is 20.7 Å². The second kappa shape index (κ2) is 15.4. The lowest BCUT2D eigenvalue weighted by molar-refractivity contribution is -0.142. The van der Waals surface area contributed by atoms with E-state index in [1.807, 2.05) is 39.0 Å². The largest absolute Gasteiger partial charge is 0.444 e. The molecular formula is C38H54ClN5O9S. The Morgan fingerprint density at radius 1 is 1.06 bits per heavy atom. The molecular weight excluding hydrogens is 738 g/mol. The number of carbonyl (C=O) groups excluding carboxylic acids is 5. The number of carbonyl (C=O) groups is 5. The molecule has 4 aliphatic rings. The van der Waals surface area contributed by atoms with Crippen molar-refractivity contribution in [3.8, 4) is 0 Å². The molecule has 2 heterocycles. The molecule has 1 saturated heterocycles. The van der Waals surface area contributed by atoms with Gasteiger partial charge in [-0.3, -0.25) is 24.4 Å². The molecule has 2 saturated carbocycles. The monoisotopic (exact) mass is 791 g/mol. The van der Waals surface area contributed by atoms with Crippen LogP contribution in [0.3, 0.4) is 0 Å². The number of rotatable bonds is 6. The number of nitrogens with one attached hydrogen (secondary N) is 4. The molecule has 1 aromatic carbocycles.